The van der Waals surface area contributed by atoms with Crippen molar-refractivity contribution in [2.45, 2.75) is 39.0 Å². The van der Waals surface area contributed by atoms with E-state index in [1.807, 2.05) is 0 Å². The molecule has 6 heteroatoms. The number of carbonyl (C=O) groups is 1. The van der Waals surface area contributed by atoms with Crippen molar-refractivity contribution in [2.75, 3.05) is 26.2 Å². The first kappa shape index (κ1) is 18.2. The Bertz CT molecular complexity index is 708. The minimum atomic E-state index is -0.343. The summed E-state index contributed by atoms with van der Waals surface area (Å²) in [7, 11) is 0. The van der Waals surface area contributed by atoms with Gasteiger partial charge in [-0.1, -0.05) is 31.4 Å². The van der Waals surface area contributed by atoms with Crippen LogP contribution in [-0.2, 0) is 4.74 Å². The van der Waals surface area contributed by atoms with Gasteiger partial charge in [-0.2, -0.15) is 0 Å². The smallest absolute Gasteiger partial charge is 0.340 e. The highest BCUT2D eigenvalue weighted by atomic mass is 35.5. The number of hydrogen-bond acceptors (Lipinski definition) is 4. The van der Waals surface area contributed by atoms with Crippen LogP contribution in [0.5, 0.6) is 0 Å². The SMILES string of the molecule is CCCCCN1CCC(COC(=O)c2cc(Cl)cc3[nH]cnc23)CC1. The number of H-pyrrole nitrogens is 1. The number of piperidine rings is 1. The molecule has 1 saturated heterocycles. The fourth-order valence-corrected chi connectivity index (χ4v) is 3.62. The maximum absolute atomic E-state index is 12.4. The van der Waals surface area contributed by atoms with E-state index in [0.29, 0.717) is 28.6 Å². The topological polar surface area (TPSA) is 58.2 Å². The molecular formula is C19H26ClN3O2. The van der Waals surface area contributed by atoms with Gasteiger partial charge in [0.15, 0.2) is 0 Å². The summed E-state index contributed by atoms with van der Waals surface area (Å²) in [5.41, 5.74) is 1.79. The normalized spacial score (nSPS) is 16.4. The molecule has 1 fully saturated rings. The molecule has 0 saturated carbocycles. The number of aromatic amines is 1. The van der Waals surface area contributed by atoms with E-state index in [1.54, 1.807) is 18.5 Å². The van der Waals surface area contributed by atoms with Gasteiger partial charge in [-0.05, 0) is 56.9 Å². The van der Waals surface area contributed by atoms with E-state index in [4.69, 9.17) is 16.3 Å². The van der Waals surface area contributed by atoms with Crippen LogP contribution in [0.1, 0.15) is 49.4 Å². The highest BCUT2D eigenvalue weighted by molar-refractivity contribution is 6.31. The van der Waals surface area contributed by atoms with E-state index in [9.17, 15) is 4.79 Å². The number of rotatable bonds is 7. The van der Waals surface area contributed by atoms with E-state index in [-0.39, 0.29) is 5.97 Å². The molecule has 0 aliphatic carbocycles. The average molecular weight is 364 g/mol. The van der Waals surface area contributed by atoms with Crippen LogP contribution in [0.2, 0.25) is 5.02 Å². The Balaban J connectivity index is 1.49. The number of aromatic nitrogens is 2. The second-order valence-electron chi connectivity index (χ2n) is 6.84. The Hall–Kier alpha value is -1.59. The first-order valence-electron chi connectivity index (χ1n) is 9.19. The number of nitrogens with one attached hydrogen (secondary N) is 1. The van der Waals surface area contributed by atoms with E-state index in [2.05, 4.69) is 21.8 Å². The van der Waals surface area contributed by atoms with Crippen molar-refractivity contribution in [1.82, 2.24) is 14.9 Å². The minimum absolute atomic E-state index is 0.343. The van der Waals surface area contributed by atoms with Gasteiger partial charge in [0.2, 0.25) is 0 Å². The first-order valence-corrected chi connectivity index (χ1v) is 9.57. The largest absolute Gasteiger partial charge is 0.462 e. The van der Waals surface area contributed by atoms with Crippen molar-refractivity contribution in [2.24, 2.45) is 5.92 Å². The molecule has 0 spiro atoms. The maximum Gasteiger partial charge on any atom is 0.340 e. The molecule has 1 aromatic heterocycles. The number of ether oxygens (including phenoxy) is 1. The third-order valence-corrected chi connectivity index (χ3v) is 5.16. The predicted octanol–water partition coefficient (Wildman–Crippen LogP) is 4.28. The molecule has 5 nitrogen and oxygen atoms in total. The van der Waals surface area contributed by atoms with Gasteiger partial charge in [0, 0.05) is 5.02 Å². The molecular weight excluding hydrogens is 338 g/mol. The minimum Gasteiger partial charge on any atom is -0.462 e. The molecule has 2 aromatic rings. The third kappa shape index (κ3) is 4.73. The fourth-order valence-electron chi connectivity index (χ4n) is 3.40. The molecule has 3 rings (SSSR count). The lowest BCUT2D eigenvalue weighted by Crippen LogP contribution is -2.36. The van der Waals surface area contributed by atoms with Crippen LogP contribution >= 0.6 is 11.6 Å². The van der Waals surface area contributed by atoms with Crippen molar-refractivity contribution < 1.29 is 9.53 Å². The molecule has 0 unspecified atom stereocenters. The standard InChI is InChI=1S/C19H26ClN3O2/c1-2-3-4-7-23-8-5-14(6-9-23)12-25-19(24)16-10-15(20)11-17-18(16)22-13-21-17/h10-11,13-14H,2-9,12H2,1H3,(H,21,22). The fraction of sp³-hybridized carbons (Fsp3) is 0.579. The number of halogens is 1. The first-order chi connectivity index (χ1) is 12.2. The number of unbranched alkanes of at least 4 members (excludes halogenated alkanes) is 2. The monoisotopic (exact) mass is 363 g/mol. The predicted molar refractivity (Wildman–Crippen MR) is 100 cm³/mol. The number of carbonyl (C=O) groups excluding carboxylic acids is 1. The zero-order valence-corrected chi connectivity index (χ0v) is 15.5. The van der Waals surface area contributed by atoms with Gasteiger partial charge < -0.3 is 14.6 Å². The molecule has 1 aliphatic rings. The molecule has 25 heavy (non-hydrogen) atoms. The highest BCUT2D eigenvalue weighted by Crippen LogP contribution is 2.23. The number of hydrogen-bond donors (Lipinski definition) is 1. The Morgan fingerprint density at radius 2 is 2.16 bits per heavy atom. The van der Waals surface area contributed by atoms with Crippen molar-refractivity contribution in [3.05, 3.63) is 29.0 Å². The molecule has 1 aromatic carbocycles. The average Bonchev–Trinajstić information content (AvgIpc) is 3.08. The molecule has 0 atom stereocenters. The van der Waals surface area contributed by atoms with Gasteiger partial charge in [-0.25, -0.2) is 9.78 Å². The molecule has 0 radical (unpaired) electrons. The number of fused-ring (bicyclic) bond motifs is 1. The Labute approximate surface area is 153 Å². The van der Waals surface area contributed by atoms with Crippen LogP contribution in [0.15, 0.2) is 18.5 Å². The molecule has 136 valence electrons. The van der Waals surface area contributed by atoms with Gasteiger partial charge in [-0.3, -0.25) is 0 Å². The molecule has 1 aliphatic heterocycles. The van der Waals surface area contributed by atoms with Crippen molar-refractivity contribution in [3.8, 4) is 0 Å². The lowest BCUT2D eigenvalue weighted by atomic mass is 9.97. The van der Waals surface area contributed by atoms with Gasteiger partial charge in [0.1, 0.15) is 5.52 Å². The van der Waals surface area contributed by atoms with Gasteiger partial charge in [0.25, 0.3) is 0 Å². The van der Waals surface area contributed by atoms with Crippen molar-refractivity contribution >= 4 is 28.6 Å². The Morgan fingerprint density at radius 1 is 1.36 bits per heavy atom. The number of imidazole rings is 1. The summed E-state index contributed by atoms with van der Waals surface area (Å²) < 4.78 is 5.56. The second kappa shape index (κ2) is 8.68. The lowest BCUT2D eigenvalue weighted by Gasteiger charge is -2.31. The Kier molecular flexibility index (Phi) is 6.32. The zero-order valence-electron chi connectivity index (χ0n) is 14.8. The third-order valence-electron chi connectivity index (χ3n) is 4.94. The van der Waals surface area contributed by atoms with Crippen LogP contribution in [0, 0.1) is 5.92 Å². The van der Waals surface area contributed by atoms with Gasteiger partial charge >= 0.3 is 5.97 Å². The van der Waals surface area contributed by atoms with Crippen LogP contribution in [0.4, 0.5) is 0 Å². The summed E-state index contributed by atoms with van der Waals surface area (Å²) in [5.74, 6) is 0.102. The Morgan fingerprint density at radius 3 is 2.92 bits per heavy atom. The molecule has 0 amide bonds. The lowest BCUT2D eigenvalue weighted by molar-refractivity contribution is 0.0374. The number of nitrogens with zero attached hydrogens (tertiary/aromatic N) is 2. The van der Waals surface area contributed by atoms with Crippen molar-refractivity contribution in [1.29, 1.82) is 0 Å². The number of likely N-dealkylation sites (tertiary alicyclic amines) is 1. The van der Waals surface area contributed by atoms with Crippen molar-refractivity contribution in [3.63, 3.8) is 0 Å². The molecule has 2 heterocycles. The van der Waals surface area contributed by atoms with Crippen LogP contribution in [0.25, 0.3) is 11.0 Å². The summed E-state index contributed by atoms with van der Waals surface area (Å²) in [6.07, 6.45) is 7.59. The van der Waals surface area contributed by atoms with E-state index >= 15 is 0 Å². The summed E-state index contributed by atoms with van der Waals surface area (Å²) >= 11 is 6.08. The van der Waals surface area contributed by atoms with Crippen LogP contribution < -0.4 is 0 Å². The maximum atomic E-state index is 12.4. The quantitative estimate of drug-likeness (QED) is 0.589. The second-order valence-corrected chi connectivity index (χ2v) is 7.28. The zero-order chi connectivity index (χ0) is 17.6. The highest BCUT2D eigenvalue weighted by Gasteiger charge is 2.21. The van der Waals surface area contributed by atoms with E-state index in [1.165, 1.54) is 25.8 Å². The summed E-state index contributed by atoms with van der Waals surface area (Å²) in [6.45, 7) is 6.11. The summed E-state index contributed by atoms with van der Waals surface area (Å²) in [5, 5.41) is 0.504. The van der Waals surface area contributed by atoms with Crippen LogP contribution in [-0.4, -0.2) is 47.1 Å². The van der Waals surface area contributed by atoms with Crippen LogP contribution in [0.3, 0.4) is 0 Å². The van der Waals surface area contributed by atoms with E-state index in [0.717, 1.165) is 31.4 Å². The van der Waals surface area contributed by atoms with Gasteiger partial charge in [0.05, 0.1) is 24.0 Å². The number of esters is 1. The summed E-state index contributed by atoms with van der Waals surface area (Å²) in [6, 6.07) is 3.39. The van der Waals surface area contributed by atoms with E-state index < -0.39 is 0 Å². The molecule has 1 N–H and O–H groups in total. The number of benzene rings is 1. The molecule has 0 bridgehead atoms. The summed E-state index contributed by atoms with van der Waals surface area (Å²) in [4.78, 5) is 22.1. The van der Waals surface area contributed by atoms with Gasteiger partial charge in [-0.15, -0.1) is 0 Å².